The van der Waals surface area contributed by atoms with Gasteiger partial charge in [-0.3, -0.25) is 4.90 Å². The zero-order valence-electron chi connectivity index (χ0n) is 15.5. The zero-order valence-corrected chi connectivity index (χ0v) is 16.3. The first-order valence-electron chi connectivity index (χ1n) is 9.25. The van der Waals surface area contributed by atoms with Crippen molar-refractivity contribution in [1.82, 2.24) is 10.2 Å². The minimum atomic E-state index is -1.00. The summed E-state index contributed by atoms with van der Waals surface area (Å²) in [6, 6.07) is 6.35. The van der Waals surface area contributed by atoms with Gasteiger partial charge in [-0.2, -0.15) is 0 Å². The van der Waals surface area contributed by atoms with Gasteiger partial charge in [-0.05, 0) is 49.9 Å². The van der Waals surface area contributed by atoms with E-state index in [0.29, 0.717) is 29.4 Å². The number of carboxylic acid groups (broad SMARTS) is 1. The van der Waals surface area contributed by atoms with E-state index >= 15 is 0 Å². The Balaban J connectivity index is 1.67. The number of ether oxygens (including phenoxy) is 1. The van der Waals surface area contributed by atoms with Crippen LogP contribution in [0, 0.1) is 5.82 Å². The van der Waals surface area contributed by atoms with Gasteiger partial charge in [0.2, 0.25) is 0 Å². The molecule has 2 aliphatic rings. The number of carbonyl (C=O) groups is 1. The number of allylic oxidation sites excluding steroid dienone is 1. The average molecular weight is 403 g/mol. The summed E-state index contributed by atoms with van der Waals surface area (Å²) in [5.74, 6) is 0.0558. The highest BCUT2D eigenvalue weighted by Crippen LogP contribution is 2.38. The summed E-state index contributed by atoms with van der Waals surface area (Å²) in [5.41, 5.74) is 2.89. The molecule has 0 saturated carbocycles. The lowest BCUT2D eigenvalue weighted by Gasteiger charge is -2.30. The molecule has 4 rings (SSSR count). The summed E-state index contributed by atoms with van der Waals surface area (Å²) in [4.78, 5) is 13.9. The molecule has 1 aromatic carbocycles. The van der Waals surface area contributed by atoms with Crippen LogP contribution in [0.2, 0.25) is 0 Å². The Hall–Kier alpha value is -2.58. The average Bonchev–Trinajstić information content (AvgIpc) is 3.14. The van der Waals surface area contributed by atoms with Crippen molar-refractivity contribution < 1.29 is 19.0 Å². The number of nitrogens with zero attached hydrogens (tertiary/aromatic N) is 1. The van der Waals surface area contributed by atoms with Crippen LogP contribution in [0.25, 0.3) is 5.70 Å². The molecule has 1 aromatic heterocycles. The smallest absolute Gasteiger partial charge is 0.411 e. The first-order valence-corrected chi connectivity index (χ1v) is 10.1. The van der Waals surface area contributed by atoms with Crippen molar-refractivity contribution >= 4 is 28.8 Å². The van der Waals surface area contributed by atoms with E-state index in [9.17, 15) is 14.3 Å². The molecule has 1 fully saturated rings. The van der Waals surface area contributed by atoms with Crippen molar-refractivity contribution in [2.24, 2.45) is 0 Å². The molecule has 0 aliphatic carbocycles. The molecule has 1 unspecified atom stereocenters. The van der Waals surface area contributed by atoms with Gasteiger partial charge in [0.25, 0.3) is 0 Å². The third-order valence-corrected chi connectivity index (χ3v) is 5.97. The van der Waals surface area contributed by atoms with Crippen molar-refractivity contribution in [3.05, 3.63) is 51.6 Å². The highest BCUT2D eigenvalue weighted by molar-refractivity contribution is 7.10. The number of halogens is 1. The summed E-state index contributed by atoms with van der Waals surface area (Å²) in [7, 11) is 0. The number of anilines is 1. The molecular formula is C20H22FN3O3S. The molecule has 3 heterocycles. The molecule has 8 heteroatoms. The molecule has 1 atom stereocenters. The number of hydrogen-bond acceptors (Lipinski definition) is 5. The van der Waals surface area contributed by atoms with Crippen molar-refractivity contribution in [3.8, 4) is 5.75 Å². The Bertz CT molecular complexity index is 921. The lowest BCUT2D eigenvalue weighted by atomic mass is 10.1. The quantitative estimate of drug-likeness (QED) is 0.709. The van der Waals surface area contributed by atoms with Crippen LogP contribution in [0.3, 0.4) is 0 Å². The largest absolute Gasteiger partial charge is 0.487 e. The molecule has 2 aliphatic heterocycles. The van der Waals surface area contributed by atoms with E-state index in [0.717, 1.165) is 36.4 Å². The summed E-state index contributed by atoms with van der Waals surface area (Å²) in [6.45, 7) is 3.79. The van der Waals surface area contributed by atoms with Gasteiger partial charge >= 0.3 is 6.09 Å². The predicted octanol–water partition coefficient (Wildman–Crippen LogP) is 4.31. The Morgan fingerprint density at radius 2 is 2.29 bits per heavy atom. The Morgan fingerprint density at radius 3 is 3.04 bits per heavy atom. The van der Waals surface area contributed by atoms with E-state index < -0.39 is 6.09 Å². The molecule has 0 spiro atoms. The molecule has 28 heavy (non-hydrogen) atoms. The van der Waals surface area contributed by atoms with Crippen molar-refractivity contribution in [3.63, 3.8) is 0 Å². The van der Waals surface area contributed by atoms with E-state index in [-0.39, 0.29) is 11.9 Å². The number of hydrogen-bond donors (Lipinski definition) is 3. The number of fused-ring (bicyclic) bond motifs is 1. The number of rotatable bonds is 4. The summed E-state index contributed by atoms with van der Waals surface area (Å²) in [5, 5.41) is 18.1. The van der Waals surface area contributed by atoms with Crippen LogP contribution >= 0.6 is 11.3 Å². The number of amides is 1. The molecule has 1 amide bonds. The standard InChI is InChI=1S/C20H22FN3O3S/c1-12-19(15-6-8-28-18(15)11-24(12)20(25)26)23-16-5-4-13(21)9-17(16)27-14-3-2-7-22-10-14/h4-6,8-9,14,22-23H,2-3,7,10-11H2,1H3,(H,25,26). The first kappa shape index (κ1) is 18.8. The highest BCUT2D eigenvalue weighted by atomic mass is 32.1. The molecule has 3 N–H and O–H groups in total. The molecule has 148 valence electrons. The van der Waals surface area contributed by atoms with E-state index in [4.69, 9.17) is 4.74 Å². The van der Waals surface area contributed by atoms with Gasteiger partial charge in [0.15, 0.2) is 0 Å². The Morgan fingerprint density at radius 1 is 1.43 bits per heavy atom. The van der Waals surface area contributed by atoms with E-state index in [2.05, 4.69) is 10.6 Å². The third kappa shape index (κ3) is 3.70. The van der Waals surface area contributed by atoms with Gasteiger partial charge in [-0.1, -0.05) is 0 Å². The molecule has 1 saturated heterocycles. The third-order valence-electron chi connectivity index (χ3n) is 5.06. The fourth-order valence-electron chi connectivity index (χ4n) is 3.58. The van der Waals surface area contributed by atoms with Crippen molar-refractivity contribution in [2.45, 2.75) is 32.4 Å². The molecule has 6 nitrogen and oxygen atoms in total. The van der Waals surface area contributed by atoms with Gasteiger partial charge in [-0.15, -0.1) is 11.3 Å². The predicted molar refractivity (Wildman–Crippen MR) is 107 cm³/mol. The van der Waals surface area contributed by atoms with Gasteiger partial charge in [0.05, 0.1) is 17.9 Å². The van der Waals surface area contributed by atoms with Crippen LogP contribution < -0.4 is 15.4 Å². The van der Waals surface area contributed by atoms with Crippen molar-refractivity contribution in [2.75, 3.05) is 18.4 Å². The maximum atomic E-state index is 13.9. The molecular weight excluding hydrogens is 381 g/mol. The number of piperidine rings is 1. The summed E-state index contributed by atoms with van der Waals surface area (Å²) >= 11 is 1.52. The minimum Gasteiger partial charge on any atom is -0.487 e. The Labute approximate surface area is 166 Å². The second-order valence-corrected chi connectivity index (χ2v) is 7.94. The number of benzene rings is 1. The SMILES string of the molecule is CC1=C(Nc2ccc(F)cc2OC2CCCNC2)c2ccsc2CN1C(=O)O. The lowest BCUT2D eigenvalue weighted by Crippen LogP contribution is -2.37. The maximum Gasteiger partial charge on any atom is 0.411 e. The minimum absolute atomic E-state index is 0.0234. The van der Waals surface area contributed by atoms with Gasteiger partial charge in [-0.25, -0.2) is 9.18 Å². The van der Waals surface area contributed by atoms with Gasteiger partial charge in [0.1, 0.15) is 17.7 Å². The van der Waals surface area contributed by atoms with Crippen LogP contribution in [-0.2, 0) is 6.54 Å². The van der Waals surface area contributed by atoms with Crippen LogP contribution in [0.15, 0.2) is 35.3 Å². The van der Waals surface area contributed by atoms with Crippen LogP contribution in [0.4, 0.5) is 14.9 Å². The van der Waals surface area contributed by atoms with E-state index in [1.165, 1.54) is 28.4 Å². The van der Waals surface area contributed by atoms with Crippen LogP contribution in [0.1, 0.15) is 30.2 Å². The monoisotopic (exact) mass is 403 g/mol. The van der Waals surface area contributed by atoms with Crippen LogP contribution in [-0.4, -0.2) is 35.3 Å². The molecule has 0 bridgehead atoms. The number of thiophene rings is 1. The summed E-state index contributed by atoms with van der Waals surface area (Å²) in [6.07, 6.45) is 0.898. The Kier molecular flexibility index (Phi) is 5.23. The van der Waals surface area contributed by atoms with Crippen molar-refractivity contribution in [1.29, 1.82) is 0 Å². The molecule has 2 aromatic rings. The number of nitrogens with one attached hydrogen (secondary N) is 2. The maximum absolute atomic E-state index is 13.9. The zero-order chi connectivity index (χ0) is 19.7. The normalized spacial score (nSPS) is 19.4. The fourth-order valence-corrected chi connectivity index (χ4v) is 4.45. The second-order valence-electron chi connectivity index (χ2n) is 6.94. The van der Waals surface area contributed by atoms with Gasteiger partial charge in [0, 0.05) is 28.7 Å². The summed E-state index contributed by atoms with van der Waals surface area (Å²) < 4.78 is 20.0. The highest BCUT2D eigenvalue weighted by Gasteiger charge is 2.28. The topological polar surface area (TPSA) is 73.8 Å². The second kappa shape index (κ2) is 7.81. The van der Waals surface area contributed by atoms with Crippen LogP contribution in [0.5, 0.6) is 5.75 Å². The van der Waals surface area contributed by atoms with E-state index in [1.54, 1.807) is 13.0 Å². The molecule has 0 radical (unpaired) electrons. The lowest BCUT2D eigenvalue weighted by molar-refractivity contribution is 0.156. The van der Waals surface area contributed by atoms with Gasteiger partial charge < -0.3 is 20.5 Å². The van der Waals surface area contributed by atoms with E-state index in [1.807, 2.05) is 11.4 Å². The fraction of sp³-hybridized carbons (Fsp3) is 0.350. The first-order chi connectivity index (χ1) is 13.5.